The van der Waals surface area contributed by atoms with Gasteiger partial charge in [-0.05, 0) is 23.8 Å². The SMILES string of the molecule is CSNC(=O)c1ccc(-c2cncc3ncc(N4CC(C(=O)N(C)C)C4)cc23)cc1. The van der Waals surface area contributed by atoms with E-state index in [1.807, 2.05) is 42.9 Å². The number of hydrogen-bond acceptors (Lipinski definition) is 6. The summed E-state index contributed by atoms with van der Waals surface area (Å²) in [6.45, 7) is 1.40. The molecule has 1 aliphatic rings. The van der Waals surface area contributed by atoms with Crippen LogP contribution in [0, 0.1) is 5.92 Å². The Morgan fingerprint density at radius 1 is 1.13 bits per heavy atom. The van der Waals surface area contributed by atoms with E-state index >= 15 is 0 Å². The lowest BCUT2D eigenvalue weighted by atomic mass is 9.97. The molecule has 4 rings (SSSR count). The molecule has 0 aliphatic carbocycles. The Balaban J connectivity index is 1.61. The smallest absolute Gasteiger partial charge is 0.261 e. The molecular formula is C22H23N5O2S. The average Bonchev–Trinajstić information content (AvgIpc) is 2.72. The molecule has 3 heterocycles. The maximum atomic E-state index is 12.1. The van der Waals surface area contributed by atoms with Crippen molar-refractivity contribution in [3.8, 4) is 11.1 Å². The predicted octanol–water partition coefficient (Wildman–Crippen LogP) is 2.83. The van der Waals surface area contributed by atoms with Crippen molar-refractivity contribution in [2.45, 2.75) is 0 Å². The lowest BCUT2D eigenvalue weighted by Gasteiger charge is -2.40. The zero-order valence-corrected chi connectivity index (χ0v) is 17.9. The summed E-state index contributed by atoms with van der Waals surface area (Å²) in [5.41, 5.74) is 4.34. The van der Waals surface area contributed by atoms with Crippen LogP contribution in [0.3, 0.4) is 0 Å². The van der Waals surface area contributed by atoms with Crippen LogP contribution in [0.15, 0.2) is 48.9 Å². The molecule has 8 heteroatoms. The van der Waals surface area contributed by atoms with Crippen LogP contribution in [-0.4, -0.2) is 60.1 Å². The fourth-order valence-corrected chi connectivity index (χ4v) is 3.90. The number of rotatable bonds is 5. The van der Waals surface area contributed by atoms with Gasteiger partial charge in [0.2, 0.25) is 5.91 Å². The highest BCUT2D eigenvalue weighted by Crippen LogP contribution is 2.32. The molecule has 7 nitrogen and oxygen atoms in total. The zero-order valence-electron chi connectivity index (χ0n) is 17.1. The second-order valence-corrected chi connectivity index (χ2v) is 8.11. The molecule has 2 aromatic heterocycles. The van der Waals surface area contributed by atoms with Crippen LogP contribution in [0.25, 0.3) is 22.0 Å². The third kappa shape index (κ3) is 3.82. The Bertz CT molecular complexity index is 1090. The molecule has 0 saturated carbocycles. The fourth-order valence-electron chi connectivity index (χ4n) is 3.60. The van der Waals surface area contributed by atoms with Gasteiger partial charge in [0, 0.05) is 56.2 Å². The highest BCUT2D eigenvalue weighted by atomic mass is 32.2. The van der Waals surface area contributed by atoms with Gasteiger partial charge in [0.25, 0.3) is 5.91 Å². The first kappa shape index (κ1) is 20.2. The quantitative estimate of drug-likeness (QED) is 0.639. The molecule has 1 fully saturated rings. The lowest BCUT2D eigenvalue weighted by Crippen LogP contribution is -2.53. The molecular weight excluding hydrogens is 398 g/mol. The van der Waals surface area contributed by atoms with Crippen molar-refractivity contribution in [3.05, 3.63) is 54.5 Å². The van der Waals surface area contributed by atoms with Crippen molar-refractivity contribution in [2.75, 3.05) is 38.3 Å². The van der Waals surface area contributed by atoms with E-state index in [2.05, 4.69) is 25.7 Å². The number of nitrogens with one attached hydrogen (secondary N) is 1. The second kappa shape index (κ2) is 8.31. The molecule has 0 spiro atoms. The number of anilines is 1. The molecule has 0 radical (unpaired) electrons. The first-order chi connectivity index (χ1) is 14.5. The summed E-state index contributed by atoms with van der Waals surface area (Å²) in [6.07, 6.45) is 7.21. The van der Waals surface area contributed by atoms with E-state index in [9.17, 15) is 9.59 Å². The van der Waals surface area contributed by atoms with E-state index < -0.39 is 0 Å². The summed E-state index contributed by atoms with van der Waals surface area (Å²) >= 11 is 1.28. The molecule has 30 heavy (non-hydrogen) atoms. The number of nitrogens with zero attached hydrogens (tertiary/aromatic N) is 4. The largest absolute Gasteiger partial charge is 0.369 e. The third-order valence-corrected chi connectivity index (χ3v) is 5.67. The van der Waals surface area contributed by atoms with Gasteiger partial charge in [0.05, 0.1) is 29.5 Å². The third-order valence-electron chi connectivity index (χ3n) is 5.28. The fraction of sp³-hybridized carbons (Fsp3) is 0.273. The Kier molecular flexibility index (Phi) is 5.59. The van der Waals surface area contributed by atoms with Crippen molar-refractivity contribution >= 4 is 40.4 Å². The van der Waals surface area contributed by atoms with Gasteiger partial charge in [0.15, 0.2) is 0 Å². The summed E-state index contributed by atoms with van der Waals surface area (Å²) in [4.78, 5) is 36.8. The van der Waals surface area contributed by atoms with Gasteiger partial charge in [-0.1, -0.05) is 24.1 Å². The lowest BCUT2D eigenvalue weighted by molar-refractivity contribution is -0.133. The predicted molar refractivity (Wildman–Crippen MR) is 120 cm³/mol. The molecule has 3 aromatic rings. The summed E-state index contributed by atoms with van der Waals surface area (Å²) < 4.78 is 2.72. The van der Waals surface area contributed by atoms with Gasteiger partial charge in [-0.15, -0.1) is 0 Å². The number of carbonyl (C=O) groups is 2. The minimum absolute atomic E-state index is 0.0348. The van der Waals surface area contributed by atoms with Gasteiger partial charge in [0.1, 0.15) is 0 Å². The normalized spacial score (nSPS) is 13.8. The number of fused-ring (bicyclic) bond motifs is 1. The second-order valence-electron chi connectivity index (χ2n) is 7.49. The van der Waals surface area contributed by atoms with Crippen molar-refractivity contribution in [2.24, 2.45) is 5.92 Å². The van der Waals surface area contributed by atoms with Crippen LogP contribution in [0.1, 0.15) is 10.4 Å². The monoisotopic (exact) mass is 421 g/mol. The van der Waals surface area contributed by atoms with Crippen molar-refractivity contribution in [3.63, 3.8) is 0 Å². The van der Waals surface area contributed by atoms with E-state index in [4.69, 9.17) is 0 Å². The van der Waals surface area contributed by atoms with Crippen LogP contribution in [0.4, 0.5) is 5.69 Å². The minimum atomic E-state index is -0.117. The first-order valence-electron chi connectivity index (χ1n) is 9.61. The highest BCUT2D eigenvalue weighted by molar-refractivity contribution is 7.97. The van der Waals surface area contributed by atoms with E-state index in [0.29, 0.717) is 18.7 Å². The molecule has 2 amide bonds. The minimum Gasteiger partial charge on any atom is -0.369 e. The van der Waals surface area contributed by atoms with Crippen LogP contribution in [0.5, 0.6) is 0 Å². The Morgan fingerprint density at radius 3 is 2.53 bits per heavy atom. The molecule has 154 valence electrons. The standard InChI is InChI=1S/C22H23N5O2S/c1-26(2)22(29)16-12-27(13-16)17-8-18-19(10-23-11-20(18)24-9-17)14-4-6-15(7-5-14)21(28)25-30-3/h4-11,16H,12-13H2,1-3H3,(H,25,28). The first-order valence-corrected chi connectivity index (χ1v) is 10.8. The van der Waals surface area contributed by atoms with Gasteiger partial charge in [-0.2, -0.15) is 0 Å². The van der Waals surface area contributed by atoms with Crippen molar-refractivity contribution in [1.82, 2.24) is 19.6 Å². The van der Waals surface area contributed by atoms with Gasteiger partial charge >= 0.3 is 0 Å². The van der Waals surface area contributed by atoms with Gasteiger partial charge < -0.3 is 9.80 Å². The Morgan fingerprint density at radius 2 is 1.87 bits per heavy atom. The van der Waals surface area contributed by atoms with Crippen LogP contribution < -0.4 is 9.62 Å². The Labute approximate surface area is 179 Å². The van der Waals surface area contributed by atoms with Crippen molar-refractivity contribution < 1.29 is 9.59 Å². The molecule has 0 atom stereocenters. The molecule has 1 N–H and O–H groups in total. The highest BCUT2D eigenvalue weighted by Gasteiger charge is 2.34. The topological polar surface area (TPSA) is 78.4 Å². The molecule has 0 unspecified atom stereocenters. The number of hydrogen-bond donors (Lipinski definition) is 1. The van der Waals surface area contributed by atoms with E-state index in [1.165, 1.54) is 11.9 Å². The molecule has 1 saturated heterocycles. The molecule has 0 bridgehead atoms. The number of benzene rings is 1. The van der Waals surface area contributed by atoms with Crippen LogP contribution >= 0.6 is 11.9 Å². The van der Waals surface area contributed by atoms with Crippen LogP contribution in [-0.2, 0) is 4.79 Å². The summed E-state index contributed by atoms with van der Waals surface area (Å²) in [6, 6.07) is 9.57. The van der Waals surface area contributed by atoms with Crippen LogP contribution in [0.2, 0.25) is 0 Å². The van der Waals surface area contributed by atoms with Crippen molar-refractivity contribution in [1.29, 1.82) is 0 Å². The summed E-state index contributed by atoms with van der Waals surface area (Å²) in [7, 11) is 3.58. The average molecular weight is 422 g/mol. The maximum Gasteiger partial charge on any atom is 0.261 e. The van der Waals surface area contributed by atoms with E-state index in [1.54, 1.807) is 25.2 Å². The number of aromatic nitrogens is 2. The summed E-state index contributed by atoms with van der Waals surface area (Å²) in [5, 5.41) is 0.992. The zero-order chi connectivity index (χ0) is 21.3. The number of pyridine rings is 2. The van der Waals surface area contributed by atoms with Gasteiger partial charge in [-0.25, -0.2) is 0 Å². The van der Waals surface area contributed by atoms with Gasteiger partial charge in [-0.3, -0.25) is 24.3 Å². The van der Waals surface area contributed by atoms with E-state index in [0.717, 1.165) is 27.7 Å². The van der Waals surface area contributed by atoms with E-state index in [-0.39, 0.29) is 17.7 Å². The Hall–Kier alpha value is -3.13. The maximum absolute atomic E-state index is 12.1. The number of carbonyl (C=O) groups excluding carboxylic acids is 2. The molecule has 1 aromatic carbocycles. The summed E-state index contributed by atoms with van der Waals surface area (Å²) in [5.74, 6) is 0.0803. The number of amides is 2. The molecule has 1 aliphatic heterocycles.